The van der Waals surface area contributed by atoms with E-state index in [0.29, 0.717) is 12.4 Å². The molecule has 0 saturated carbocycles. The Kier molecular flexibility index (Phi) is 5.13. The van der Waals surface area contributed by atoms with E-state index in [4.69, 9.17) is 0 Å². The number of aromatic nitrogens is 4. The van der Waals surface area contributed by atoms with Crippen molar-refractivity contribution in [2.45, 2.75) is 38.6 Å². The van der Waals surface area contributed by atoms with Crippen LogP contribution >= 0.6 is 0 Å². The zero-order valence-corrected chi connectivity index (χ0v) is 13.1. The lowest BCUT2D eigenvalue weighted by Crippen LogP contribution is -2.29. The molecule has 3 rings (SSSR count). The van der Waals surface area contributed by atoms with Crippen LogP contribution in [0.15, 0.2) is 42.0 Å². The van der Waals surface area contributed by atoms with E-state index in [1.165, 1.54) is 36.1 Å². The zero-order chi connectivity index (χ0) is 15.9. The van der Waals surface area contributed by atoms with Crippen molar-refractivity contribution in [2.75, 3.05) is 6.54 Å². The summed E-state index contributed by atoms with van der Waals surface area (Å²) in [5.41, 5.74) is 2.35. The summed E-state index contributed by atoms with van der Waals surface area (Å²) >= 11 is 0. The number of hydrogen-bond donors (Lipinski definition) is 1. The minimum atomic E-state index is -0.0848. The van der Waals surface area contributed by atoms with Gasteiger partial charge in [0.25, 0.3) is 0 Å². The van der Waals surface area contributed by atoms with Crippen molar-refractivity contribution in [1.29, 1.82) is 0 Å². The van der Waals surface area contributed by atoms with Gasteiger partial charge in [0.2, 0.25) is 11.7 Å². The number of carbonyl (C=O) groups is 1. The quantitative estimate of drug-likeness (QED) is 0.831. The van der Waals surface area contributed by atoms with Crippen molar-refractivity contribution in [2.24, 2.45) is 0 Å². The summed E-state index contributed by atoms with van der Waals surface area (Å²) in [6.07, 6.45) is 8.14. The van der Waals surface area contributed by atoms with Gasteiger partial charge in [0, 0.05) is 12.1 Å². The van der Waals surface area contributed by atoms with Crippen LogP contribution in [0.3, 0.4) is 0 Å². The van der Waals surface area contributed by atoms with E-state index in [0.717, 1.165) is 12.0 Å². The van der Waals surface area contributed by atoms with Gasteiger partial charge in [-0.3, -0.25) is 4.79 Å². The van der Waals surface area contributed by atoms with E-state index < -0.39 is 0 Å². The highest BCUT2D eigenvalue weighted by molar-refractivity contribution is 5.75. The number of tetrazole rings is 1. The SMILES string of the molecule is O=C(Cn1nnc(-c2ccccc2)n1)NCCC1=CCCCC1. The highest BCUT2D eigenvalue weighted by Gasteiger charge is 2.09. The van der Waals surface area contributed by atoms with Crippen molar-refractivity contribution < 1.29 is 4.79 Å². The van der Waals surface area contributed by atoms with E-state index >= 15 is 0 Å². The monoisotopic (exact) mass is 311 g/mol. The Hall–Kier alpha value is -2.50. The Labute approximate surface area is 135 Å². The third-order valence-corrected chi connectivity index (χ3v) is 3.92. The fraction of sp³-hybridized carbons (Fsp3) is 0.412. The summed E-state index contributed by atoms with van der Waals surface area (Å²) in [6.45, 7) is 0.768. The number of benzene rings is 1. The molecule has 1 aliphatic rings. The zero-order valence-electron chi connectivity index (χ0n) is 13.1. The lowest BCUT2D eigenvalue weighted by molar-refractivity contribution is -0.122. The van der Waals surface area contributed by atoms with E-state index in [1.807, 2.05) is 30.3 Å². The molecular formula is C17H21N5O. The molecule has 0 fully saturated rings. The summed E-state index contributed by atoms with van der Waals surface area (Å²) in [7, 11) is 0. The number of carbonyl (C=O) groups excluding carboxylic acids is 1. The van der Waals surface area contributed by atoms with Crippen LogP contribution in [-0.4, -0.2) is 32.7 Å². The predicted octanol–water partition coefficient (Wildman–Crippen LogP) is 2.35. The Bertz CT molecular complexity index is 677. The molecule has 1 aliphatic carbocycles. The molecule has 0 unspecified atom stereocenters. The minimum Gasteiger partial charge on any atom is -0.354 e. The Morgan fingerprint density at radius 2 is 2.09 bits per heavy atom. The predicted molar refractivity (Wildman–Crippen MR) is 87.4 cm³/mol. The highest BCUT2D eigenvalue weighted by atomic mass is 16.2. The van der Waals surface area contributed by atoms with Crippen LogP contribution in [0.1, 0.15) is 32.1 Å². The van der Waals surface area contributed by atoms with Crippen LogP contribution in [0.5, 0.6) is 0 Å². The maximum Gasteiger partial charge on any atom is 0.243 e. The maximum atomic E-state index is 11.9. The van der Waals surface area contributed by atoms with Crippen LogP contribution in [0.4, 0.5) is 0 Å². The molecule has 0 spiro atoms. The molecule has 0 radical (unpaired) electrons. The Morgan fingerprint density at radius 1 is 1.22 bits per heavy atom. The smallest absolute Gasteiger partial charge is 0.243 e. The van der Waals surface area contributed by atoms with Crippen LogP contribution in [0, 0.1) is 0 Å². The van der Waals surface area contributed by atoms with Crippen molar-refractivity contribution >= 4 is 5.91 Å². The van der Waals surface area contributed by atoms with Crippen molar-refractivity contribution in [1.82, 2.24) is 25.5 Å². The second-order valence-electron chi connectivity index (χ2n) is 5.72. The highest BCUT2D eigenvalue weighted by Crippen LogP contribution is 2.19. The molecule has 0 atom stereocenters. The molecular weight excluding hydrogens is 290 g/mol. The topological polar surface area (TPSA) is 72.7 Å². The molecule has 0 aliphatic heterocycles. The number of nitrogens with one attached hydrogen (secondary N) is 1. The molecule has 120 valence electrons. The first-order valence-electron chi connectivity index (χ1n) is 8.09. The van der Waals surface area contributed by atoms with Crippen molar-refractivity contribution in [3.05, 3.63) is 42.0 Å². The second-order valence-corrected chi connectivity index (χ2v) is 5.72. The molecule has 1 heterocycles. The third-order valence-electron chi connectivity index (χ3n) is 3.92. The standard InChI is InChI=1S/C17H21N5O/c23-16(18-12-11-14-7-3-1-4-8-14)13-22-20-17(19-21-22)15-9-5-2-6-10-15/h2,5-7,9-10H,1,3-4,8,11-13H2,(H,18,23). The fourth-order valence-corrected chi connectivity index (χ4v) is 2.69. The van der Waals surface area contributed by atoms with Gasteiger partial charge in [-0.1, -0.05) is 42.0 Å². The van der Waals surface area contributed by atoms with Gasteiger partial charge >= 0.3 is 0 Å². The average Bonchev–Trinajstić information content (AvgIpc) is 3.05. The fourth-order valence-electron chi connectivity index (χ4n) is 2.69. The number of rotatable bonds is 6. The first kappa shape index (κ1) is 15.4. The molecule has 1 aromatic carbocycles. The van der Waals surface area contributed by atoms with Gasteiger partial charge in [0.05, 0.1) is 0 Å². The molecule has 6 nitrogen and oxygen atoms in total. The molecule has 1 aromatic heterocycles. The molecule has 0 saturated heterocycles. The summed E-state index contributed by atoms with van der Waals surface area (Å²) in [5.74, 6) is 0.448. The molecule has 6 heteroatoms. The van der Waals surface area contributed by atoms with E-state index in [-0.39, 0.29) is 12.5 Å². The number of allylic oxidation sites excluding steroid dienone is 1. The van der Waals surface area contributed by atoms with Gasteiger partial charge in [-0.25, -0.2) is 0 Å². The van der Waals surface area contributed by atoms with Crippen LogP contribution < -0.4 is 5.32 Å². The van der Waals surface area contributed by atoms with E-state index in [2.05, 4.69) is 26.8 Å². The van der Waals surface area contributed by atoms with Crippen LogP contribution in [0.2, 0.25) is 0 Å². The van der Waals surface area contributed by atoms with Gasteiger partial charge in [-0.05, 0) is 37.3 Å². The lowest BCUT2D eigenvalue weighted by Gasteiger charge is -2.12. The normalized spacial score (nSPS) is 14.3. The van der Waals surface area contributed by atoms with Gasteiger partial charge in [0.1, 0.15) is 6.54 Å². The molecule has 2 aromatic rings. The summed E-state index contributed by atoms with van der Waals surface area (Å²) in [5, 5.41) is 15.1. The second kappa shape index (κ2) is 7.67. The Balaban J connectivity index is 1.46. The molecule has 1 N–H and O–H groups in total. The third kappa shape index (κ3) is 4.48. The van der Waals surface area contributed by atoms with Gasteiger partial charge in [-0.2, -0.15) is 4.80 Å². The molecule has 1 amide bonds. The van der Waals surface area contributed by atoms with E-state index in [1.54, 1.807) is 0 Å². The van der Waals surface area contributed by atoms with Gasteiger partial charge in [0.15, 0.2) is 0 Å². The van der Waals surface area contributed by atoms with Crippen LogP contribution in [-0.2, 0) is 11.3 Å². The summed E-state index contributed by atoms with van der Waals surface area (Å²) in [6, 6.07) is 9.60. The number of hydrogen-bond acceptors (Lipinski definition) is 4. The molecule has 23 heavy (non-hydrogen) atoms. The van der Waals surface area contributed by atoms with Crippen LogP contribution in [0.25, 0.3) is 11.4 Å². The van der Waals surface area contributed by atoms with Gasteiger partial charge < -0.3 is 5.32 Å². The Morgan fingerprint density at radius 3 is 2.87 bits per heavy atom. The largest absolute Gasteiger partial charge is 0.354 e. The number of amides is 1. The number of nitrogens with zero attached hydrogens (tertiary/aromatic N) is 4. The lowest BCUT2D eigenvalue weighted by atomic mass is 9.97. The average molecular weight is 311 g/mol. The first-order chi connectivity index (χ1) is 11.3. The maximum absolute atomic E-state index is 11.9. The first-order valence-corrected chi connectivity index (χ1v) is 8.09. The summed E-state index contributed by atoms with van der Waals surface area (Å²) in [4.78, 5) is 13.3. The summed E-state index contributed by atoms with van der Waals surface area (Å²) < 4.78 is 0. The molecule has 0 bridgehead atoms. The minimum absolute atomic E-state index is 0.0848. The van der Waals surface area contributed by atoms with Gasteiger partial charge in [-0.15, -0.1) is 10.2 Å². The van der Waals surface area contributed by atoms with E-state index in [9.17, 15) is 4.79 Å². The van der Waals surface area contributed by atoms with Crippen molar-refractivity contribution in [3.8, 4) is 11.4 Å². The van der Waals surface area contributed by atoms with Crippen molar-refractivity contribution in [3.63, 3.8) is 0 Å².